The molecule has 6 nitrogen and oxygen atoms in total. The van der Waals surface area contributed by atoms with Crippen LogP contribution in [0, 0.1) is 0 Å². The zero-order chi connectivity index (χ0) is 18.4. The summed E-state index contributed by atoms with van der Waals surface area (Å²) in [6.07, 6.45) is 0. The van der Waals surface area contributed by atoms with Crippen molar-refractivity contribution in [3.63, 3.8) is 0 Å². The maximum Gasteiger partial charge on any atom is 0.323 e. The molecule has 3 aromatic carbocycles. The molecule has 132 valence electrons. The normalized spacial score (nSPS) is 11.4. The number of benzene rings is 3. The van der Waals surface area contributed by atoms with Crippen LogP contribution in [0.25, 0.3) is 11.1 Å². The fraction of sp³-hybridized carbons (Fsp3) is 0. The van der Waals surface area contributed by atoms with Gasteiger partial charge in [0.1, 0.15) is 0 Å². The molecule has 1 unspecified atom stereocenters. The minimum absolute atomic E-state index is 0.375. The number of para-hydroxylation sites is 3. The first kappa shape index (κ1) is 17.7. The third kappa shape index (κ3) is 4.47. The first-order valence-corrected chi connectivity index (χ1v) is 8.93. The standard InChI is InChI=1S/C19H17N3O3S/c23-19(20-14-8-2-1-3-9-14)21-17-12-6-4-10-15(17)16-11-5-7-13-18(16)22-26(24)25/h1-13,22H,(H,24,25)(H2,20,21,23). The lowest BCUT2D eigenvalue weighted by atomic mass is 10.0. The second kappa shape index (κ2) is 8.28. The molecule has 0 saturated carbocycles. The molecule has 0 radical (unpaired) electrons. The highest BCUT2D eigenvalue weighted by molar-refractivity contribution is 7.80. The van der Waals surface area contributed by atoms with Crippen molar-refractivity contribution in [3.8, 4) is 11.1 Å². The number of amides is 2. The third-order valence-electron chi connectivity index (χ3n) is 3.62. The molecule has 0 aromatic heterocycles. The number of hydrogen-bond donors (Lipinski definition) is 4. The van der Waals surface area contributed by atoms with Crippen LogP contribution in [0.3, 0.4) is 0 Å². The van der Waals surface area contributed by atoms with Gasteiger partial charge in [-0.1, -0.05) is 54.6 Å². The molecular formula is C19H17N3O3S. The van der Waals surface area contributed by atoms with Gasteiger partial charge in [0.05, 0.1) is 11.4 Å². The van der Waals surface area contributed by atoms with Crippen LogP contribution in [-0.4, -0.2) is 14.8 Å². The van der Waals surface area contributed by atoms with Crippen LogP contribution in [0.1, 0.15) is 0 Å². The van der Waals surface area contributed by atoms with Crippen LogP contribution in [0.2, 0.25) is 0 Å². The summed E-state index contributed by atoms with van der Waals surface area (Å²) in [7, 11) is 0. The van der Waals surface area contributed by atoms with Gasteiger partial charge in [0.15, 0.2) is 0 Å². The average molecular weight is 367 g/mol. The predicted molar refractivity (Wildman–Crippen MR) is 105 cm³/mol. The Kier molecular flexibility index (Phi) is 5.62. The van der Waals surface area contributed by atoms with Crippen molar-refractivity contribution in [2.75, 3.05) is 15.4 Å². The van der Waals surface area contributed by atoms with Gasteiger partial charge in [-0.15, -0.1) is 0 Å². The number of nitrogens with one attached hydrogen (secondary N) is 3. The molecule has 0 heterocycles. The zero-order valence-corrected chi connectivity index (χ0v) is 14.5. The second-order valence-electron chi connectivity index (χ2n) is 5.39. The van der Waals surface area contributed by atoms with E-state index in [4.69, 9.17) is 4.55 Å². The monoisotopic (exact) mass is 367 g/mol. The van der Waals surface area contributed by atoms with E-state index in [2.05, 4.69) is 15.4 Å². The SMILES string of the molecule is O=C(Nc1ccccc1)Nc1ccccc1-c1ccccc1NS(=O)O. The molecular weight excluding hydrogens is 350 g/mol. The van der Waals surface area contributed by atoms with E-state index in [0.29, 0.717) is 22.6 Å². The van der Waals surface area contributed by atoms with E-state index < -0.39 is 11.3 Å². The van der Waals surface area contributed by atoms with Crippen molar-refractivity contribution in [1.82, 2.24) is 0 Å². The Bertz CT molecular complexity index is 932. The number of anilines is 3. The Hall–Kier alpha value is -3.16. The molecule has 0 aliphatic carbocycles. The summed E-state index contributed by atoms with van der Waals surface area (Å²) in [5.74, 6) is 0. The van der Waals surface area contributed by atoms with Crippen LogP contribution in [0.15, 0.2) is 78.9 Å². The fourth-order valence-electron chi connectivity index (χ4n) is 2.53. The Balaban J connectivity index is 1.87. The first-order chi connectivity index (χ1) is 12.6. The van der Waals surface area contributed by atoms with Crippen molar-refractivity contribution in [3.05, 3.63) is 78.9 Å². The van der Waals surface area contributed by atoms with Crippen molar-refractivity contribution in [1.29, 1.82) is 0 Å². The molecule has 1 atom stereocenters. The molecule has 0 fully saturated rings. The molecule has 3 aromatic rings. The van der Waals surface area contributed by atoms with Gasteiger partial charge in [-0.2, -0.15) is 0 Å². The number of carbonyl (C=O) groups is 1. The van der Waals surface area contributed by atoms with Crippen LogP contribution in [0.5, 0.6) is 0 Å². The Morgan fingerprint density at radius 1 is 0.731 bits per heavy atom. The lowest BCUT2D eigenvalue weighted by Gasteiger charge is -2.15. The second-order valence-corrected chi connectivity index (χ2v) is 6.09. The molecule has 4 N–H and O–H groups in total. The smallest absolute Gasteiger partial charge is 0.308 e. The highest BCUT2D eigenvalue weighted by Gasteiger charge is 2.12. The molecule has 7 heteroatoms. The Morgan fingerprint density at radius 2 is 1.27 bits per heavy atom. The molecule has 0 aliphatic heterocycles. The predicted octanol–water partition coefficient (Wildman–Crippen LogP) is 4.55. The van der Waals surface area contributed by atoms with Gasteiger partial charge in [0, 0.05) is 16.8 Å². The Morgan fingerprint density at radius 3 is 1.92 bits per heavy atom. The molecule has 0 saturated heterocycles. The summed E-state index contributed by atoms with van der Waals surface area (Å²) in [6, 6.07) is 23.1. The van der Waals surface area contributed by atoms with Gasteiger partial charge in [0.25, 0.3) is 11.3 Å². The van der Waals surface area contributed by atoms with Crippen LogP contribution >= 0.6 is 0 Å². The number of carbonyl (C=O) groups excluding carboxylic acids is 1. The van der Waals surface area contributed by atoms with E-state index >= 15 is 0 Å². The molecule has 0 bridgehead atoms. The van der Waals surface area contributed by atoms with Crippen molar-refractivity contribution < 1.29 is 13.6 Å². The summed E-state index contributed by atoms with van der Waals surface area (Å²) in [4.78, 5) is 12.3. The zero-order valence-electron chi connectivity index (χ0n) is 13.7. The molecule has 2 amide bonds. The minimum atomic E-state index is -2.19. The van der Waals surface area contributed by atoms with E-state index in [-0.39, 0.29) is 6.03 Å². The van der Waals surface area contributed by atoms with E-state index in [9.17, 15) is 9.00 Å². The molecule has 0 aliphatic rings. The van der Waals surface area contributed by atoms with Crippen molar-refractivity contribution in [2.24, 2.45) is 0 Å². The maximum atomic E-state index is 12.3. The van der Waals surface area contributed by atoms with Gasteiger partial charge >= 0.3 is 6.03 Å². The molecule has 3 rings (SSSR count). The van der Waals surface area contributed by atoms with Gasteiger partial charge in [0.2, 0.25) is 0 Å². The van der Waals surface area contributed by atoms with E-state index in [1.165, 1.54) is 0 Å². The summed E-state index contributed by atoms with van der Waals surface area (Å²) < 4.78 is 22.8. The quantitative estimate of drug-likeness (QED) is 0.499. The van der Waals surface area contributed by atoms with E-state index in [0.717, 1.165) is 5.56 Å². The largest absolute Gasteiger partial charge is 0.323 e. The van der Waals surface area contributed by atoms with E-state index in [1.807, 2.05) is 48.5 Å². The van der Waals surface area contributed by atoms with E-state index in [1.54, 1.807) is 30.3 Å². The van der Waals surface area contributed by atoms with Gasteiger partial charge in [-0.25, -0.2) is 9.00 Å². The summed E-state index contributed by atoms with van der Waals surface area (Å²) >= 11 is -2.19. The third-order valence-corrected chi connectivity index (χ3v) is 4.02. The molecule has 26 heavy (non-hydrogen) atoms. The lowest BCUT2D eigenvalue weighted by molar-refractivity contribution is 0.262. The minimum Gasteiger partial charge on any atom is -0.308 e. The highest BCUT2D eigenvalue weighted by Crippen LogP contribution is 2.33. The maximum absolute atomic E-state index is 12.3. The Labute approximate surface area is 153 Å². The van der Waals surface area contributed by atoms with Gasteiger partial charge < -0.3 is 10.6 Å². The van der Waals surface area contributed by atoms with Gasteiger partial charge in [-0.05, 0) is 24.3 Å². The lowest BCUT2D eigenvalue weighted by Crippen LogP contribution is -2.19. The number of hydrogen-bond acceptors (Lipinski definition) is 2. The fourth-order valence-corrected chi connectivity index (χ4v) is 2.90. The highest BCUT2D eigenvalue weighted by atomic mass is 32.2. The van der Waals surface area contributed by atoms with Crippen molar-refractivity contribution >= 4 is 34.4 Å². The van der Waals surface area contributed by atoms with Crippen molar-refractivity contribution in [2.45, 2.75) is 0 Å². The topological polar surface area (TPSA) is 90.5 Å². The number of urea groups is 1. The summed E-state index contributed by atoms with van der Waals surface area (Å²) in [5, 5.41) is 5.58. The van der Waals surface area contributed by atoms with Gasteiger partial charge in [-0.3, -0.25) is 9.27 Å². The number of rotatable bonds is 5. The summed E-state index contributed by atoms with van der Waals surface area (Å²) in [5.41, 5.74) is 3.18. The average Bonchev–Trinajstić information content (AvgIpc) is 2.63. The molecule has 0 spiro atoms. The first-order valence-electron chi connectivity index (χ1n) is 7.82. The van der Waals surface area contributed by atoms with Crippen LogP contribution in [0.4, 0.5) is 21.9 Å². The summed E-state index contributed by atoms with van der Waals surface area (Å²) in [6.45, 7) is 0. The van der Waals surface area contributed by atoms with Crippen LogP contribution < -0.4 is 15.4 Å². The van der Waals surface area contributed by atoms with Crippen LogP contribution in [-0.2, 0) is 11.3 Å².